The van der Waals surface area contributed by atoms with Gasteiger partial charge in [-0.3, -0.25) is 9.59 Å². The molecule has 0 saturated carbocycles. The largest absolute Gasteiger partial charge is 0.497 e. The summed E-state index contributed by atoms with van der Waals surface area (Å²) >= 11 is 3.46. The highest BCUT2D eigenvalue weighted by atomic mass is 79.9. The van der Waals surface area contributed by atoms with Crippen molar-refractivity contribution in [3.05, 3.63) is 52.1 Å². The fraction of sp³-hybridized carbons (Fsp3) is 0.458. The third-order valence-corrected chi connectivity index (χ3v) is 6.31. The molecule has 2 amide bonds. The normalized spacial score (nSPS) is 13.7. The molecule has 0 atom stereocenters. The molecule has 2 heterocycles. The van der Waals surface area contributed by atoms with Crippen molar-refractivity contribution in [1.29, 1.82) is 0 Å². The van der Waals surface area contributed by atoms with E-state index < -0.39 is 0 Å². The highest BCUT2D eigenvalue weighted by Gasteiger charge is 2.24. The van der Waals surface area contributed by atoms with E-state index in [-0.39, 0.29) is 11.8 Å². The number of aromatic nitrogens is 1. The second-order valence-electron chi connectivity index (χ2n) is 7.85. The van der Waals surface area contributed by atoms with Crippen molar-refractivity contribution in [2.45, 2.75) is 32.6 Å². The fourth-order valence-corrected chi connectivity index (χ4v) is 4.08. The Balaban J connectivity index is 1.52. The van der Waals surface area contributed by atoms with E-state index in [1.54, 1.807) is 19.4 Å². The Hall–Kier alpha value is -2.61. The number of methoxy groups -OCH3 is 1. The van der Waals surface area contributed by atoms with Crippen LogP contribution in [0.15, 0.2) is 41.0 Å². The van der Waals surface area contributed by atoms with Gasteiger partial charge >= 0.3 is 0 Å². The Bertz CT molecular complexity index is 912. The number of piperazine rings is 1. The molecule has 1 aliphatic rings. The van der Waals surface area contributed by atoms with Crippen LogP contribution in [0.1, 0.15) is 53.3 Å². The zero-order valence-electron chi connectivity index (χ0n) is 18.8. The molecule has 0 aliphatic carbocycles. The number of anilines is 1. The third kappa shape index (κ3) is 6.22. The molecule has 0 spiro atoms. The van der Waals surface area contributed by atoms with Gasteiger partial charge in [-0.15, -0.1) is 0 Å². The molecule has 1 aromatic carbocycles. The lowest BCUT2D eigenvalue weighted by Crippen LogP contribution is -2.49. The van der Waals surface area contributed by atoms with E-state index >= 15 is 0 Å². The first-order chi connectivity index (χ1) is 15.5. The highest BCUT2D eigenvalue weighted by molar-refractivity contribution is 9.10. The molecule has 7 nitrogen and oxygen atoms in total. The number of nitrogens with one attached hydrogen (secondary N) is 1. The van der Waals surface area contributed by atoms with Gasteiger partial charge in [0, 0.05) is 43.4 Å². The Morgan fingerprint density at radius 2 is 1.88 bits per heavy atom. The predicted molar refractivity (Wildman–Crippen MR) is 130 cm³/mol. The maximum atomic E-state index is 13.0. The Morgan fingerprint density at radius 3 is 2.53 bits per heavy atom. The van der Waals surface area contributed by atoms with Crippen molar-refractivity contribution in [3.63, 3.8) is 0 Å². The topological polar surface area (TPSA) is 74.8 Å². The fourth-order valence-electron chi connectivity index (χ4n) is 3.67. The maximum absolute atomic E-state index is 13.0. The van der Waals surface area contributed by atoms with Crippen LogP contribution in [0.2, 0.25) is 0 Å². The van der Waals surface area contributed by atoms with E-state index in [2.05, 4.69) is 38.1 Å². The number of benzene rings is 1. The first-order valence-electron chi connectivity index (χ1n) is 11.2. The number of carbonyl (C=O) groups excluding carboxylic acids is 2. The number of hydrogen-bond donors (Lipinski definition) is 1. The average Bonchev–Trinajstić information content (AvgIpc) is 2.84. The van der Waals surface area contributed by atoms with Crippen molar-refractivity contribution in [1.82, 2.24) is 15.2 Å². The van der Waals surface area contributed by atoms with Gasteiger partial charge in [0.05, 0.1) is 18.2 Å². The number of rotatable bonds is 9. The van der Waals surface area contributed by atoms with Gasteiger partial charge in [0.2, 0.25) is 0 Å². The van der Waals surface area contributed by atoms with Gasteiger partial charge in [-0.05, 0) is 52.7 Å². The lowest BCUT2D eigenvalue weighted by Gasteiger charge is -2.35. The minimum absolute atomic E-state index is 0.0191. The predicted octanol–water partition coefficient (Wildman–Crippen LogP) is 4.13. The standard InChI is InChI=1S/C24H31BrN4O3/c1-3-4-5-6-11-26-23(30)18-7-10-22(27-17-18)28-12-14-29(15-13-28)24(31)20-16-19(32-2)8-9-21(20)25/h7-10,16-17H,3-6,11-15H2,1-2H3,(H,26,30). The van der Waals surface area contributed by atoms with E-state index in [9.17, 15) is 9.59 Å². The second kappa shape index (κ2) is 11.9. The minimum atomic E-state index is -0.0835. The van der Waals surface area contributed by atoms with Crippen LogP contribution in [0.5, 0.6) is 5.75 Å². The lowest BCUT2D eigenvalue weighted by molar-refractivity contribution is 0.0745. The van der Waals surface area contributed by atoms with Gasteiger partial charge < -0.3 is 19.9 Å². The molecular weight excluding hydrogens is 472 g/mol. The first-order valence-corrected chi connectivity index (χ1v) is 11.9. The summed E-state index contributed by atoms with van der Waals surface area (Å²) in [5.41, 5.74) is 1.17. The molecule has 1 aliphatic heterocycles. The van der Waals surface area contributed by atoms with Gasteiger partial charge in [0.15, 0.2) is 0 Å². The van der Waals surface area contributed by atoms with Gasteiger partial charge in [-0.1, -0.05) is 26.2 Å². The first kappa shape index (κ1) is 24.0. The van der Waals surface area contributed by atoms with Crippen LogP contribution in [-0.4, -0.2) is 61.5 Å². The smallest absolute Gasteiger partial charge is 0.255 e. The van der Waals surface area contributed by atoms with Gasteiger partial charge in [0.25, 0.3) is 11.8 Å². The summed E-state index contributed by atoms with van der Waals surface area (Å²) in [7, 11) is 1.59. The highest BCUT2D eigenvalue weighted by Crippen LogP contribution is 2.25. The summed E-state index contributed by atoms with van der Waals surface area (Å²) in [6, 6.07) is 9.10. The van der Waals surface area contributed by atoms with E-state index in [0.717, 1.165) is 23.1 Å². The second-order valence-corrected chi connectivity index (χ2v) is 8.70. The molecule has 1 saturated heterocycles. The van der Waals surface area contributed by atoms with Crippen LogP contribution < -0.4 is 15.0 Å². The van der Waals surface area contributed by atoms with E-state index in [4.69, 9.17) is 4.74 Å². The van der Waals surface area contributed by atoms with E-state index in [1.807, 2.05) is 29.2 Å². The SMILES string of the molecule is CCCCCCNC(=O)c1ccc(N2CCN(C(=O)c3cc(OC)ccc3Br)CC2)nc1. The number of pyridine rings is 1. The molecule has 32 heavy (non-hydrogen) atoms. The zero-order valence-corrected chi connectivity index (χ0v) is 20.4. The Kier molecular flexibility index (Phi) is 8.90. The molecule has 1 aromatic heterocycles. The summed E-state index contributed by atoms with van der Waals surface area (Å²) < 4.78 is 6.01. The molecular formula is C24H31BrN4O3. The molecule has 2 aromatic rings. The van der Waals surface area contributed by atoms with Crippen LogP contribution in [0, 0.1) is 0 Å². The molecule has 0 radical (unpaired) electrons. The summed E-state index contributed by atoms with van der Waals surface area (Å²) in [5, 5.41) is 2.95. The van der Waals surface area contributed by atoms with E-state index in [0.29, 0.717) is 49.6 Å². The van der Waals surface area contributed by atoms with Gasteiger partial charge in [-0.2, -0.15) is 0 Å². The lowest BCUT2D eigenvalue weighted by atomic mass is 10.1. The van der Waals surface area contributed by atoms with Crippen LogP contribution in [0.25, 0.3) is 0 Å². The number of carbonyl (C=O) groups is 2. The van der Waals surface area contributed by atoms with Crippen LogP contribution in [0.3, 0.4) is 0 Å². The number of ether oxygens (including phenoxy) is 1. The minimum Gasteiger partial charge on any atom is -0.497 e. The maximum Gasteiger partial charge on any atom is 0.255 e. The van der Waals surface area contributed by atoms with Gasteiger partial charge in [-0.25, -0.2) is 4.98 Å². The van der Waals surface area contributed by atoms with Crippen LogP contribution in [0.4, 0.5) is 5.82 Å². The summed E-state index contributed by atoms with van der Waals surface area (Å²) in [5.74, 6) is 1.37. The van der Waals surface area contributed by atoms with Crippen molar-refractivity contribution in [3.8, 4) is 5.75 Å². The van der Waals surface area contributed by atoms with Crippen molar-refractivity contribution >= 4 is 33.6 Å². The molecule has 1 N–H and O–H groups in total. The number of nitrogens with zero attached hydrogens (tertiary/aromatic N) is 3. The number of unbranched alkanes of at least 4 members (excludes halogenated alkanes) is 3. The van der Waals surface area contributed by atoms with Crippen molar-refractivity contribution in [2.24, 2.45) is 0 Å². The molecule has 1 fully saturated rings. The Labute approximate surface area is 198 Å². The summed E-state index contributed by atoms with van der Waals surface area (Å²) in [4.78, 5) is 33.7. The number of amides is 2. The molecule has 0 bridgehead atoms. The summed E-state index contributed by atoms with van der Waals surface area (Å²) in [6.07, 6.45) is 6.14. The van der Waals surface area contributed by atoms with E-state index in [1.165, 1.54) is 12.8 Å². The summed E-state index contributed by atoms with van der Waals surface area (Å²) in [6.45, 7) is 5.43. The monoisotopic (exact) mass is 502 g/mol. The molecule has 8 heteroatoms. The van der Waals surface area contributed by atoms with Gasteiger partial charge in [0.1, 0.15) is 11.6 Å². The van der Waals surface area contributed by atoms with Crippen molar-refractivity contribution < 1.29 is 14.3 Å². The zero-order chi connectivity index (χ0) is 22.9. The molecule has 172 valence electrons. The van der Waals surface area contributed by atoms with Crippen LogP contribution in [-0.2, 0) is 0 Å². The Morgan fingerprint density at radius 1 is 1.09 bits per heavy atom. The van der Waals surface area contributed by atoms with Crippen LogP contribution >= 0.6 is 15.9 Å². The number of halogens is 1. The number of hydrogen-bond acceptors (Lipinski definition) is 5. The molecule has 0 unspecified atom stereocenters. The molecule has 3 rings (SSSR count). The third-order valence-electron chi connectivity index (χ3n) is 5.62. The quantitative estimate of drug-likeness (QED) is 0.521. The van der Waals surface area contributed by atoms with Crippen molar-refractivity contribution in [2.75, 3.05) is 44.7 Å². The average molecular weight is 503 g/mol.